The highest BCUT2D eigenvalue weighted by Crippen LogP contribution is 2.36. The van der Waals surface area contributed by atoms with Gasteiger partial charge in [-0.1, -0.05) is 12.1 Å². The molecule has 0 aliphatic carbocycles. The molecule has 2 heterocycles. The number of rotatable bonds is 2. The molecular formula is C24H32N2O5. The van der Waals surface area contributed by atoms with Crippen molar-refractivity contribution in [2.75, 3.05) is 20.2 Å². The average molecular weight is 429 g/mol. The third kappa shape index (κ3) is 5.21. The lowest BCUT2D eigenvalue weighted by Gasteiger charge is -2.30. The summed E-state index contributed by atoms with van der Waals surface area (Å²) in [7, 11) is 1.60. The van der Waals surface area contributed by atoms with Crippen LogP contribution in [0.5, 0.6) is 5.75 Å². The summed E-state index contributed by atoms with van der Waals surface area (Å²) in [5.41, 5.74) is 1.29. The van der Waals surface area contributed by atoms with E-state index < -0.39 is 17.3 Å². The molecule has 3 rings (SSSR count). The minimum atomic E-state index is -0.621. The van der Waals surface area contributed by atoms with Crippen LogP contribution < -0.4 is 4.74 Å². The van der Waals surface area contributed by atoms with E-state index in [4.69, 9.17) is 14.2 Å². The lowest BCUT2D eigenvalue weighted by molar-refractivity contribution is 0.0272. The summed E-state index contributed by atoms with van der Waals surface area (Å²) in [6.45, 7) is 12.0. The maximum atomic E-state index is 12.9. The lowest BCUT2D eigenvalue weighted by atomic mass is 10.00. The van der Waals surface area contributed by atoms with Gasteiger partial charge in [0.25, 0.3) is 0 Å². The van der Waals surface area contributed by atoms with Crippen LogP contribution in [0.4, 0.5) is 9.59 Å². The van der Waals surface area contributed by atoms with Gasteiger partial charge >= 0.3 is 12.2 Å². The van der Waals surface area contributed by atoms with Crippen LogP contribution in [0, 0.1) is 0 Å². The fourth-order valence-corrected chi connectivity index (χ4v) is 3.55. The average Bonchev–Trinajstić information content (AvgIpc) is 3.05. The zero-order valence-electron chi connectivity index (χ0n) is 19.4. The predicted octanol–water partition coefficient (Wildman–Crippen LogP) is 5.46. The Hall–Kier alpha value is -2.96. The molecule has 1 aliphatic heterocycles. The topological polar surface area (TPSA) is 70.0 Å². The molecule has 0 saturated heterocycles. The van der Waals surface area contributed by atoms with Gasteiger partial charge in [0.05, 0.1) is 12.6 Å². The van der Waals surface area contributed by atoms with Gasteiger partial charge in [-0.15, -0.1) is 0 Å². The summed E-state index contributed by atoms with van der Waals surface area (Å²) in [6, 6.07) is 5.56. The molecule has 7 heteroatoms. The van der Waals surface area contributed by atoms with Gasteiger partial charge in [0.2, 0.25) is 0 Å². The Morgan fingerprint density at radius 3 is 2.23 bits per heavy atom. The maximum Gasteiger partial charge on any atom is 0.419 e. The van der Waals surface area contributed by atoms with Crippen molar-refractivity contribution in [2.45, 2.75) is 59.2 Å². The number of carbonyl (C=O) groups is 2. The summed E-state index contributed by atoms with van der Waals surface area (Å²) in [5, 5.41) is 0.813. The van der Waals surface area contributed by atoms with E-state index in [0.717, 1.165) is 16.5 Å². The zero-order chi connectivity index (χ0) is 23.0. The number of nitrogens with zero attached hydrogens (tertiary/aromatic N) is 2. The first-order valence-corrected chi connectivity index (χ1v) is 10.5. The SMILES string of the molecule is COc1cccc2c1c(C1=CCCN(C(=O)OC(C)(C)C)C1)cn2C(=O)OC(C)(C)C. The normalized spacial score (nSPS) is 14.9. The molecule has 7 nitrogen and oxygen atoms in total. The molecule has 1 amide bonds. The Labute approximate surface area is 183 Å². The van der Waals surface area contributed by atoms with E-state index >= 15 is 0 Å². The van der Waals surface area contributed by atoms with Gasteiger partial charge in [0, 0.05) is 30.2 Å². The molecule has 0 radical (unpaired) electrons. The van der Waals surface area contributed by atoms with Crippen LogP contribution >= 0.6 is 0 Å². The van der Waals surface area contributed by atoms with E-state index in [2.05, 4.69) is 6.08 Å². The Bertz CT molecular complexity index is 1020. The van der Waals surface area contributed by atoms with Crippen LogP contribution in [0.2, 0.25) is 0 Å². The van der Waals surface area contributed by atoms with Gasteiger partial charge in [0.15, 0.2) is 0 Å². The van der Waals surface area contributed by atoms with Crippen molar-refractivity contribution in [3.63, 3.8) is 0 Å². The van der Waals surface area contributed by atoms with Crippen LogP contribution in [0.15, 0.2) is 30.5 Å². The van der Waals surface area contributed by atoms with Crippen LogP contribution in [0.1, 0.15) is 53.5 Å². The van der Waals surface area contributed by atoms with E-state index in [1.165, 1.54) is 4.57 Å². The molecule has 0 unspecified atom stereocenters. The molecule has 31 heavy (non-hydrogen) atoms. The third-order valence-corrected chi connectivity index (χ3v) is 4.75. The Balaban J connectivity index is 2.03. The number of fused-ring (bicyclic) bond motifs is 1. The van der Waals surface area contributed by atoms with Gasteiger partial charge in [-0.2, -0.15) is 0 Å². The van der Waals surface area contributed by atoms with E-state index in [9.17, 15) is 9.59 Å². The van der Waals surface area contributed by atoms with Crippen molar-refractivity contribution in [1.29, 1.82) is 0 Å². The van der Waals surface area contributed by atoms with Gasteiger partial charge in [-0.25, -0.2) is 9.59 Å². The Morgan fingerprint density at radius 1 is 0.968 bits per heavy atom. The van der Waals surface area contributed by atoms with Gasteiger partial charge in [0.1, 0.15) is 17.0 Å². The highest BCUT2D eigenvalue weighted by molar-refractivity contribution is 6.02. The highest BCUT2D eigenvalue weighted by Gasteiger charge is 2.28. The number of ether oxygens (including phenoxy) is 3. The number of benzene rings is 1. The first kappa shape index (κ1) is 22.7. The summed E-state index contributed by atoms with van der Waals surface area (Å²) in [4.78, 5) is 27.2. The first-order chi connectivity index (χ1) is 14.4. The summed E-state index contributed by atoms with van der Waals surface area (Å²) < 4.78 is 18.2. The Kier molecular flexibility index (Phi) is 6.07. The molecule has 0 saturated carbocycles. The molecule has 168 valence electrons. The van der Waals surface area contributed by atoms with Crippen LogP contribution in [0.25, 0.3) is 16.5 Å². The summed E-state index contributed by atoms with van der Waals surface area (Å²) >= 11 is 0. The smallest absolute Gasteiger partial charge is 0.419 e. The molecule has 2 aromatic rings. The van der Waals surface area contributed by atoms with Gasteiger partial charge in [-0.05, 0) is 65.7 Å². The van der Waals surface area contributed by atoms with Crippen molar-refractivity contribution < 1.29 is 23.8 Å². The largest absolute Gasteiger partial charge is 0.496 e. The molecule has 0 fully saturated rings. The molecule has 1 aliphatic rings. The van der Waals surface area contributed by atoms with Crippen LogP contribution in [-0.2, 0) is 9.47 Å². The van der Waals surface area contributed by atoms with Crippen molar-refractivity contribution in [2.24, 2.45) is 0 Å². The van der Waals surface area contributed by atoms with Crippen molar-refractivity contribution in [1.82, 2.24) is 9.47 Å². The number of methoxy groups -OCH3 is 1. The van der Waals surface area contributed by atoms with Crippen LogP contribution in [-0.4, -0.2) is 53.1 Å². The van der Waals surface area contributed by atoms with E-state index in [1.807, 2.05) is 59.7 Å². The monoisotopic (exact) mass is 428 g/mol. The number of hydrogen-bond acceptors (Lipinski definition) is 5. The van der Waals surface area contributed by atoms with E-state index in [1.54, 1.807) is 18.2 Å². The second-order valence-electron chi connectivity index (χ2n) is 9.67. The fraction of sp³-hybridized carbons (Fsp3) is 0.500. The van der Waals surface area contributed by atoms with Crippen molar-refractivity contribution in [3.8, 4) is 5.75 Å². The number of hydrogen-bond donors (Lipinski definition) is 0. The fourth-order valence-electron chi connectivity index (χ4n) is 3.55. The molecule has 0 N–H and O–H groups in total. The summed E-state index contributed by atoms with van der Waals surface area (Å²) in [5.74, 6) is 0.658. The van der Waals surface area contributed by atoms with E-state index in [-0.39, 0.29) is 6.09 Å². The number of carbonyl (C=O) groups excluding carboxylic acids is 2. The van der Waals surface area contributed by atoms with Gasteiger partial charge < -0.3 is 19.1 Å². The number of aromatic nitrogens is 1. The van der Waals surface area contributed by atoms with Crippen molar-refractivity contribution >= 4 is 28.7 Å². The molecule has 0 atom stereocenters. The standard InChI is InChI=1S/C24H32N2O5/c1-23(2,3)30-21(27)25-13-9-10-16(14-25)17-15-26(22(28)31-24(4,5)6)18-11-8-12-19(29-7)20(17)18/h8,10-12,15H,9,13-14H2,1-7H3. The molecule has 0 bridgehead atoms. The molecule has 0 spiro atoms. The maximum absolute atomic E-state index is 12.9. The minimum Gasteiger partial charge on any atom is -0.496 e. The molecular weight excluding hydrogens is 396 g/mol. The first-order valence-electron chi connectivity index (χ1n) is 10.5. The highest BCUT2D eigenvalue weighted by atomic mass is 16.6. The van der Waals surface area contributed by atoms with E-state index in [0.29, 0.717) is 30.8 Å². The van der Waals surface area contributed by atoms with Crippen LogP contribution in [0.3, 0.4) is 0 Å². The van der Waals surface area contributed by atoms with Gasteiger partial charge in [-0.3, -0.25) is 4.57 Å². The van der Waals surface area contributed by atoms with Crippen molar-refractivity contribution in [3.05, 3.63) is 36.0 Å². The quantitative estimate of drug-likeness (QED) is 0.635. The second kappa shape index (κ2) is 8.29. The third-order valence-electron chi connectivity index (χ3n) is 4.75. The summed E-state index contributed by atoms with van der Waals surface area (Å²) in [6.07, 6.45) is 3.76. The zero-order valence-corrected chi connectivity index (χ0v) is 19.4. The molecule has 1 aromatic carbocycles. The predicted molar refractivity (Wildman–Crippen MR) is 121 cm³/mol. The molecule has 1 aromatic heterocycles. The minimum absolute atomic E-state index is 0.346. The second-order valence-corrected chi connectivity index (χ2v) is 9.67. The number of amides is 1. The lowest BCUT2D eigenvalue weighted by Crippen LogP contribution is -2.39. The Morgan fingerprint density at radius 2 is 1.61 bits per heavy atom.